The van der Waals surface area contributed by atoms with Crippen molar-refractivity contribution in [2.75, 3.05) is 26.2 Å². The van der Waals surface area contributed by atoms with E-state index in [-0.39, 0.29) is 0 Å². The summed E-state index contributed by atoms with van der Waals surface area (Å²) in [6.07, 6.45) is -11.8. The van der Waals surface area contributed by atoms with Crippen molar-refractivity contribution in [3.63, 3.8) is 0 Å². The van der Waals surface area contributed by atoms with E-state index >= 15 is 0 Å². The number of piperazine rings is 1. The molecule has 3 nitrogen and oxygen atoms in total. The highest BCUT2D eigenvalue weighted by atomic mass is 19.4. The van der Waals surface area contributed by atoms with Gasteiger partial charge in [-0.15, -0.1) is 0 Å². The molecule has 192 valence electrons. The van der Waals surface area contributed by atoms with Gasteiger partial charge < -0.3 is 5.11 Å². The van der Waals surface area contributed by atoms with Gasteiger partial charge in [0.05, 0.1) is 0 Å². The average molecular weight is 509 g/mol. The molecule has 0 atom stereocenters. The van der Waals surface area contributed by atoms with Gasteiger partial charge >= 0.3 is 12.4 Å². The van der Waals surface area contributed by atoms with Crippen LogP contribution in [-0.4, -0.2) is 53.4 Å². The standard InChI is InChI=1S/C27H26F6N2O/c28-26(29,30)25(36,27(31,32)33)24-12-10-23(11-13-24)22-8-6-21(7-9-22)19-35-16-14-34(15-17-35)18-20-4-2-1-3-5-20/h1-13,36H,14-19H2. The molecule has 0 bridgehead atoms. The van der Waals surface area contributed by atoms with E-state index < -0.39 is 23.5 Å². The van der Waals surface area contributed by atoms with Crippen LogP contribution in [-0.2, 0) is 18.7 Å². The molecule has 0 aromatic heterocycles. The van der Waals surface area contributed by atoms with Gasteiger partial charge in [-0.25, -0.2) is 0 Å². The Kier molecular flexibility index (Phi) is 7.45. The van der Waals surface area contributed by atoms with E-state index in [0.29, 0.717) is 23.3 Å². The number of hydrogen-bond acceptors (Lipinski definition) is 3. The third-order valence-corrected chi connectivity index (χ3v) is 6.53. The lowest BCUT2D eigenvalue weighted by molar-refractivity contribution is -0.376. The number of aliphatic hydroxyl groups is 1. The fourth-order valence-corrected chi connectivity index (χ4v) is 4.40. The first-order valence-electron chi connectivity index (χ1n) is 11.5. The van der Waals surface area contributed by atoms with Gasteiger partial charge in [0, 0.05) is 44.8 Å². The topological polar surface area (TPSA) is 26.7 Å². The third-order valence-electron chi connectivity index (χ3n) is 6.53. The molecule has 36 heavy (non-hydrogen) atoms. The van der Waals surface area contributed by atoms with Crippen LogP contribution in [0.3, 0.4) is 0 Å². The van der Waals surface area contributed by atoms with Crippen LogP contribution in [0.1, 0.15) is 16.7 Å². The molecule has 0 aliphatic carbocycles. The summed E-state index contributed by atoms with van der Waals surface area (Å²) in [5.74, 6) is 0. The summed E-state index contributed by atoms with van der Waals surface area (Å²) in [6, 6.07) is 21.3. The summed E-state index contributed by atoms with van der Waals surface area (Å²) < 4.78 is 78.5. The predicted molar refractivity (Wildman–Crippen MR) is 125 cm³/mol. The van der Waals surface area contributed by atoms with Crippen LogP contribution in [0.25, 0.3) is 11.1 Å². The molecule has 1 aliphatic heterocycles. The third kappa shape index (κ3) is 5.58. The van der Waals surface area contributed by atoms with Crippen molar-refractivity contribution in [3.05, 3.63) is 95.6 Å². The number of halogens is 6. The van der Waals surface area contributed by atoms with Gasteiger partial charge in [-0.3, -0.25) is 9.80 Å². The number of hydrogen-bond donors (Lipinski definition) is 1. The Labute approximate surface area is 205 Å². The molecule has 0 saturated carbocycles. The highest BCUT2D eigenvalue weighted by molar-refractivity contribution is 5.64. The zero-order valence-corrected chi connectivity index (χ0v) is 19.4. The molecule has 1 fully saturated rings. The summed E-state index contributed by atoms with van der Waals surface area (Å²) in [5, 5.41) is 9.54. The van der Waals surface area contributed by atoms with Crippen LogP contribution in [0.4, 0.5) is 26.3 Å². The van der Waals surface area contributed by atoms with Crippen LogP contribution >= 0.6 is 0 Å². The highest BCUT2D eigenvalue weighted by Crippen LogP contribution is 2.50. The Bertz CT molecular complexity index is 1110. The maximum atomic E-state index is 13.1. The van der Waals surface area contributed by atoms with Gasteiger partial charge in [-0.05, 0) is 22.3 Å². The van der Waals surface area contributed by atoms with Crippen LogP contribution in [0, 0.1) is 0 Å². The molecule has 0 unspecified atom stereocenters. The van der Waals surface area contributed by atoms with Gasteiger partial charge in [0.25, 0.3) is 5.60 Å². The second-order valence-corrected chi connectivity index (χ2v) is 9.02. The predicted octanol–water partition coefficient (Wildman–Crippen LogP) is 5.98. The maximum Gasteiger partial charge on any atom is 0.430 e. The first-order chi connectivity index (χ1) is 17.0. The van der Waals surface area contributed by atoms with Crippen molar-refractivity contribution in [3.8, 4) is 11.1 Å². The number of rotatable bonds is 6. The van der Waals surface area contributed by atoms with E-state index in [0.717, 1.165) is 57.0 Å². The fourth-order valence-electron chi connectivity index (χ4n) is 4.40. The molecule has 3 aromatic rings. The fraction of sp³-hybridized carbons (Fsp3) is 0.333. The Morgan fingerprint density at radius 2 is 0.944 bits per heavy atom. The molecule has 1 aliphatic rings. The molecule has 1 saturated heterocycles. The lowest BCUT2D eigenvalue weighted by atomic mass is 9.90. The quantitative estimate of drug-likeness (QED) is 0.415. The van der Waals surface area contributed by atoms with Crippen LogP contribution < -0.4 is 0 Å². The normalized spacial score (nSPS) is 16.3. The summed E-state index contributed by atoms with van der Waals surface area (Å²) in [7, 11) is 0. The monoisotopic (exact) mass is 508 g/mol. The van der Waals surface area contributed by atoms with Crippen molar-refractivity contribution in [2.45, 2.75) is 31.0 Å². The van der Waals surface area contributed by atoms with Crippen molar-refractivity contribution in [2.24, 2.45) is 0 Å². The summed E-state index contributed by atoms with van der Waals surface area (Å²) in [6.45, 7) is 5.45. The Morgan fingerprint density at radius 3 is 1.36 bits per heavy atom. The molecule has 1 N–H and O–H groups in total. The van der Waals surface area contributed by atoms with Gasteiger partial charge in [-0.2, -0.15) is 26.3 Å². The van der Waals surface area contributed by atoms with Crippen molar-refractivity contribution < 1.29 is 31.4 Å². The maximum absolute atomic E-state index is 13.1. The van der Waals surface area contributed by atoms with Gasteiger partial charge in [0.1, 0.15) is 0 Å². The lowest BCUT2D eigenvalue weighted by Gasteiger charge is -2.34. The van der Waals surface area contributed by atoms with E-state index in [1.165, 1.54) is 5.56 Å². The van der Waals surface area contributed by atoms with Crippen LogP contribution in [0.5, 0.6) is 0 Å². The molecule has 0 radical (unpaired) electrons. The molecular formula is C27H26F6N2O. The average Bonchev–Trinajstić information content (AvgIpc) is 2.85. The number of alkyl halides is 6. The smallest absolute Gasteiger partial charge is 0.369 e. The summed E-state index contributed by atoms with van der Waals surface area (Å²) in [4.78, 5) is 4.76. The first-order valence-corrected chi connectivity index (χ1v) is 11.5. The van der Waals surface area contributed by atoms with Gasteiger partial charge in [0.15, 0.2) is 0 Å². The molecule has 4 rings (SSSR count). The first kappa shape index (κ1) is 26.2. The minimum absolute atomic E-state index is 0.450. The van der Waals surface area contributed by atoms with E-state index in [9.17, 15) is 31.4 Å². The molecule has 3 aromatic carbocycles. The number of benzene rings is 3. The Balaban J connectivity index is 1.36. The minimum Gasteiger partial charge on any atom is -0.369 e. The lowest BCUT2D eigenvalue weighted by Crippen LogP contribution is -2.53. The number of nitrogens with zero attached hydrogens (tertiary/aromatic N) is 2. The largest absolute Gasteiger partial charge is 0.430 e. The van der Waals surface area contributed by atoms with E-state index in [2.05, 4.69) is 21.9 Å². The van der Waals surface area contributed by atoms with Crippen LogP contribution in [0.15, 0.2) is 78.9 Å². The Hall–Kier alpha value is -2.88. The second-order valence-electron chi connectivity index (χ2n) is 9.02. The van der Waals surface area contributed by atoms with E-state index in [1.54, 1.807) is 12.1 Å². The zero-order chi connectivity index (χ0) is 26.0. The SMILES string of the molecule is OC(c1ccc(-c2ccc(CN3CCN(Cc4ccccc4)CC3)cc2)cc1)(C(F)(F)F)C(F)(F)F. The molecule has 0 amide bonds. The highest BCUT2D eigenvalue weighted by Gasteiger charge is 2.71. The van der Waals surface area contributed by atoms with Crippen molar-refractivity contribution >= 4 is 0 Å². The van der Waals surface area contributed by atoms with Crippen molar-refractivity contribution in [1.82, 2.24) is 9.80 Å². The van der Waals surface area contributed by atoms with Crippen molar-refractivity contribution in [1.29, 1.82) is 0 Å². The van der Waals surface area contributed by atoms with E-state index in [4.69, 9.17) is 0 Å². The second kappa shape index (κ2) is 10.2. The molecular weight excluding hydrogens is 482 g/mol. The molecule has 1 heterocycles. The van der Waals surface area contributed by atoms with Gasteiger partial charge in [-0.1, -0.05) is 78.9 Å². The summed E-state index contributed by atoms with van der Waals surface area (Å²) in [5.41, 5.74) is -2.74. The Morgan fingerprint density at radius 1 is 0.556 bits per heavy atom. The van der Waals surface area contributed by atoms with Crippen LogP contribution in [0.2, 0.25) is 0 Å². The molecule has 0 spiro atoms. The summed E-state index contributed by atoms with van der Waals surface area (Å²) >= 11 is 0. The zero-order valence-electron chi connectivity index (χ0n) is 19.4. The van der Waals surface area contributed by atoms with Gasteiger partial charge in [0.2, 0.25) is 0 Å². The minimum atomic E-state index is -5.90. The van der Waals surface area contributed by atoms with E-state index in [1.807, 2.05) is 30.3 Å². The molecule has 9 heteroatoms.